The molecule has 1 aliphatic rings. The van der Waals surface area contributed by atoms with E-state index in [-0.39, 0.29) is 5.54 Å². The van der Waals surface area contributed by atoms with Gasteiger partial charge in [0.25, 0.3) is 0 Å². The fourth-order valence-electron chi connectivity index (χ4n) is 5.33. The smallest absolute Gasteiger partial charge is 0.183 e. The van der Waals surface area contributed by atoms with Crippen LogP contribution in [0.3, 0.4) is 0 Å². The second-order valence-corrected chi connectivity index (χ2v) is 15.2. The summed E-state index contributed by atoms with van der Waals surface area (Å²) < 4.78 is 27.0. The van der Waals surface area contributed by atoms with Gasteiger partial charge in [0, 0.05) is 0 Å². The predicted molar refractivity (Wildman–Crippen MR) is 134 cm³/mol. The second kappa shape index (κ2) is 7.87. The van der Waals surface area contributed by atoms with Gasteiger partial charge in [0.15, 0.2) is 17.9 Å². The molecule has 160 valence electrons. The van der Waals surface area contributed by atoms with Crippen molar-refractivity contribution in [2.45, 2.75) is 28.5 Å². The third-order valence-electron chi connectivity index (χ3n) is 7.06. The Labute approximate surface area is 191 Å². The van der Waals surface area contributed by atoms with E-state index in [1.165, 1.54) is 15.6 Å². The quantitative estimate of drug-likeness (QED) is 0.324. The normalized spacial score (nSPS) is 20.6. The average molecular weight is 455 g/mol. The fraction of sp³-hybridized carbons (Fsp3) is 0.143. The topological polar surface area (TPSA) is 34.1 Å². The largest absolute Gasteiger partial charge is 0.223 e. The lowest BCUT2D eigenvalue weighted by atomic mass is 10.3. The van der Waals surface area contributed by atoms with E-state index in [0.29, 0.717) is 11.3 Å². The van der Waals surface area contributed by atoms with Gasteiger partial charge >= 0.3 is 0 Å². The van der Waals surface area contributed by atoms with Gasteiger partial charge in [-0.1, -0.05) is 109 Å². The molecule has 32 heavy (non-hydrogen) atoms. The number of hydrogen-bond donors (Lipinski definition) is 0. The van der Waals surface area contributed by atoms with Gasteiger partial charge in [-0.15, -0.1) is 0 Å². The van der Waals surface area contributed by atoms with Gasteiger partial charge in [-0.3, -0.25) is 0 Å². The molecule has 0 amide bonds. The molecule has 4 aromatic rings. The Balaban J connectivity index is 1.77. The lowest BCUT2D eigenvalue weighted by Crippen LogP contribution is -2.68. The van der Waals surface area contributed by atoms with Crippen LogP contribution in [0.25, 0.3) is 0 Å². The summed E-state index contributed by atoms with van der Waals surface area (Å²) in [6.45, 7) is 1.95. The minimum atomic E-state index is -3.49. The van der Waals surface area contributed by atoms with Crippen molar-refractivity contribution in [3.63, 3.8) is 0 Å². The Morgan fingerprint density at radius 2 is 0.969 bits per heavy atom. The van der Waals surface area contributed by atoms with Crippen LogP contribution in [-0.2, 0) is 9.84 Å². The van der Waals surface area contributed by atoms with Gasteiger partial charge in [-0.2, -0.15) is 0 Å². The maximum atomic E-state index is 13.9. The standard InChI is InChI=1S/C28H26O2SSi/c1-28(31(29,30)23-14-6-2-7-15-23)22-27(28)32(24-16-8-3-9-17-24,25-18-10-4-11-19-25)26-20-12-5-13-21-26/h2-21,27H,22H2,1H3/t27-,28-/m0/s1. The van der Waals surface area contributed by atoms with Crippen LogP contribution in [0.5, 0.6) is 0 Å². The zero-order valence-corrected chi connectivity index (χ0v) is 19.9. The number of sulfone groups is 1. The Hall–Kier alpha value is -2.95. The lowest BCUT2D eigenvalue weighted by molar-refractivity contribution is 0.582. The zero-order chi connectivity index (χ0) is 22.2. The molecule has 1 aliphatic carbocycles. The molecular weight excluding hydrogens is 428 g/mol. The summed E-state index contributed by atoms with van der Waals surface area (Å²) in [6, 6.07) is 40.7. The molecule has 0 aromatic heterocycles. The van der Waals surface area contributed by atoms with Gasteiger partial charge in [0.1, 0.15) is 0 Å². The lowest BCUT2D eigenvalue weighted by Gasteiger charge is -2.36. The van der Waals surface area contributed by atoms with Gasteiger partial charge in [-0.25, -0.2) is 8.42 Å². The van der Waals surface area contributed by atoms with Crippen LogP contribution in [-0.4, -0.2) is 21.2 Å². The van der Waals surface area contributed by atoms with E-state index in [1.54, 1.807) is 12.1 Å². The average Bonchev–Trinajstić information content (AvgIpc) is 3.56. The Bertz CT molecular complexity index is 1210. The van der Waals surface area contributed by atoms with Crippen LogP contribution in [0.4, 0.5) is 0 Å². The molecule has 0 radical (unpaired) electrons. The molecule has 0 spiro atoms. The summed E-state index contributed by atoms with van der Waals surface area (Å²) in [5.41, 5.74) is 0.0346. The highest BCUT2D eigenvalue weighted by atomic mass is 32.2. The van der Waals surface area contributed by atoms with Crippen LogP contribution in [0.2, 0.25) is 5.54 Å². The molecule has 2 atom stereocenters. The van der Waals surface area contributed by atoms with Crippen LogP contribution in [0, 0.1) is 0 Å². The zero-order valence-electron chi connectivity index (χ0n) is 18.1. The highest BCUT2D eigenvalue weighted by Gasteiger charge is 2.69. The predicted octanol–water partition coefficient (Wildman–Crippen LogP) is 4.16. The molecule has 1 fully saturated rings. The first-order chi connectivity index (χ1) is 15.5. The van der Waals surface area contributed by atoms with Crippen molar-refractivity contribution >= 4 is 33.5 Å². The minimum Gasteiger partial charge on any atom is -0.223 e. The van der Waals surface area contributed by atoms with Crippen molar-refractivity contribution in [2.75, 3.05) is 0 Å². The summed E-state index contributed by atoms with van der Waals surface area (Å²) in [6.07, 6.45) is 0.662. The first-order valence-electron chi connectivity index (χ1n) is 11.0. The van der Waals surface area contributed by atoms with Crippen molar-refractivity contribution in [1.29, 1.82) is 0 Å². The molecule has 4 heteroatoms. The maximum Gasteiger partial charge on any atom is 0.183 e. The molecular formula is C28H26O2SSi. The van der Waals surface area contributed by atoms with E-state index in [9.17, 15) is 8.42 Å². The molecule has 0 aliphatic heterocycles. The number of benzene rings is 4. The van der Waals surface area contributed by atoms with Crippen LogP contribution < -0.4 is 15.6 Å². The molecule has 2 nitrogen and oxygen atoms in total. The number of hydrogen-bond acceptors (Lipinski definition) is 2. The molecule has 4 aromatic carbocycles. The molecule has 1 saturated carbocycles. The molecule has 0 N–H and O–H groups in total. The summed E-state index contributed by atoms with van der Waals surface area (Å²) in [5.74, 6) is 0. The van der Waals surface area contributed by atoms with Crippen molar-refractivity contribution in [2.24, 2.45) is 0 Å². The Morgan fingerprint density at radius 3 is 1.34 bits per heavy atom. The highest BCUT2D eigenvalue weighted by molar-refractivity contribution is 7.93. The maximum absolute atomic E-state index is 13.9. The molecule has 0 heterocycles. The van der Waals surface area contributed by atoms with Crippen LogP contribution in [0.15, 0.2) is 126 Å². The van der Waals surface area contributed by atoms with Gasteiger partial charge < -0.3 is 0 Å². The third kappa shape index (κ3) is 3.09. The Morgan fingerprint density at radius 1 is 0.625 bits per heavy atom. The monoisotopic (exact) mass is 454 g/mol. The second-order valence-electron chi connectivity index (χ2n) is 8.79. The molecule has 0 saturated heterocycles. The van der Waals surface area contributed by atoms with E-state index in [2.05, 4.69) is 72.8 Å². The summed E-state index contributed by atoms with van der Waals surface area (Å²) in [4.78, 5) is 0.419. The van der Waals surface area contributed by atoms with Crippen LogP contribution >= 0.6 is 0 Å². The molecule has 0 unspecified atom stereocenters. The van der Waals surface area contributed by atoms with Crippen molar-refractivity contribution in [3.05, 3.63) is 121 Å². The molecule has 0 bridgehead atoms. The van der Waals surface area contributed by atoms with Crippen LogP contribution in [0.1, 0.15) is 13.3 Å². The minimum absolute atomic E-state index is 0.0346. The highest BCUT2D eigenvalue weighted by Crippen LogP contribution is 2.61. The van der Waals surface area contributed by atoms with Gasteiger partial charge in [0.2, 0.25) is 0 Å². The van der Waals surface area contributed by atoms with Crippen molar-refractivity contribution in [1.82, 2.24) is 0 Å². The summed E-state index contributed by atoms with van der Waals surface area (Å²) in [5, 5.41) is 3.78. The van der Waals surface area contributed by atoms with Crippen molar-refractivity contribution in [3.8, 4) is 0 Å². The van der Waals surface area contributed by atoms with E-state index < -0.39 is 22.7 Å². The first-order valence-corrected chi connectivity index (χ1v) is 14.5. The summed E-state index contributed by atoms with van der Waals surface area (Å²) in [7, 11) is -6.13. The van der Waals surface area contributed by atoms with Crippen molar-refractivity contribution < 1.29 is 8.42 Å². The van der Waals surface area contributed by atoms with Gasteiger partial charge in [-0.05, 0) is 46.6 Å². The van der Waals surface area contributed by atoms with E-state index in [1.807, 2.05) is 43.3 Å². The van der Waals surface area contributed by atoms with Gasteiger partial charge in [0.05, 0.1) is 9.64 Å². The van der Waals surface area contributed by atoms with E-state index in [0.717, 1.165) is 0 Å². The molecule has 5 rings (SSSR count). The number of rotatable bonds is 6. The fourth-order valence-corrected chi connectivity index (χ4v) is 14.3. The summed E-state index contributed by atoms with van der Waals surface area (Å²) >= 11 is 0. The van der Waals surface area contributed by atoms with E-state index in [4.69, 9.17) is 0 Å². The SMILES string of the molecule is C[C@]1(S(=O)(=O)c2ccccc2)C[C@@H]1[Si](c1ccccc1)(c1ccccc1)c1ccccc1. The van der Waals surface area contributed by atoms with E-state index >= 15 is 0 Å². The Kier molecular flexibility index (Phi) is 5.15. The third-order valence-corrected chi connectivity index (χ3v) is 15.5. The first kappa shape index (κ1) is 20.9.